The second-order valence-electron chi connectivity index (χ2n) is 4.67. The van der Waals surface area contributed by atoms with Gasteiger partial charge in [0.15, 0.2) is 0 Å². The van der Waals surface area contributed by atoms with E-state index in [1.807, 2.05) is 30.0 Å². The molecule has 0 aromatic heterocycles. The zero-order valence-corrected chi connectivity index (χ0v) is 11.1. The Morgan fingerprint density at radius 1 is 1.21 bits per heavy atom. The number of hydrogen-bond acceptors (Lipinski definition) is 1. The molecule has 96 valence electrons. The van der Waals surface area contributed by atoms with Crippen LogP contribution in [0.2, 0.25) is 5.02 Å². The van der Waals surface area contributed by atoms with Crippen LogP contribution in [0.3, 0.4) is 0 Å². The molecule has 0 saturated carbocycles. The molecule has 0 unspecified atom stereocenters. The second kappa shape index (κ2) is 4.35. The first kappa shape index (κ1) is 12.2. The molecule has 19 heavy (non-hydrogen) atoms. The quantitative estimate of drug-likeness (QED) is 0.832. The summed E-state index contributed by atoms with van der Waals surface area (Å²) in [7, 11) is 0. The maximum Gasteiger partial charge on any atom is 0.133 e. The molecular formula is C15H12ClFN2. The van der Waals surface area contributed by atoms with Crippen LogP contribution in [0.1, 0.15) is 16.7 Å². The Kier molecular flexibility index (Phi) is 2.79. The SMILES string of the molecule is Cc1ccc(N2Cc3ccc(F)cc3C2=N)cc1Cl. The lowest BCUT2D eigenvalue weighted by Gasteiger charge is -2.18. The highest BCUT2D eigenvalue weighted by molar-refractivity contribution is 6.31. The third-order valence-corrected chi connectivity index (χ3v) is 3.80. The third kappa shape index (κ3) is 2.00. The first-order chi connectivity index (χ1) is 9.06. The number of halogens is 2. The highest BCUT2D eigenvalue weighted by Crippen LogP contribution is 2.31. The summed E-state index contributed by atoms with van der Waals surface area (Å²) in [4.78, 5) is 1.83. The monoisotopic (exact) mass is 274 g/mol. The first-order valence-corrected chi connectivity index (χ1v) is 6.35. The van der Waals surface area contributed by atoms with Gasteiger partial charge in [-0.05, 0) is 42.3 Å². The van der Waals surface area contributed by atoms with Crippen molar-refractivity contribution in [3.63, 3.8) is 0 Å². The molecule has 2 nitrogen and oxygen atoms in total. The van der Waals surface area contributed by atoms with E-state index < -0.39 is 0 Å². The summed E-state index contributed by atoms with van der Waals surface area (Å²) in [6.45, 7) is 2.51. The van der Waals surface area contributed by atoms with E-state index in [-0.39, 0.29) is 5.82 Å². The van der Waals surface area contributed by atoms with Crippen molar-refractivity contribution in [2.24, 2.45) is 0 Å². The van der Waals surface area contributed by atoms with E-state index in [0.29, 0.717) is 23.0 Å². The molecule has 0 atom stereocenters. The summed E-state index contributed by atoms with van der Waals surface area (Å²) in [6.07, 6.45) is 0. The van der Waals surface area contributed by atoms with Gasteiger partial charge in [-0.1, -0.05) is 23.7 Å². The van der Waals surface area contributed by atoms with E-state index in [1.165, 1.54) is 12.1 Å². The number of rotatable bonds is 1. The summed E-state index contributed by atoms with van der Waals surface area (Å²) >= 11 is 6.12. The lowest BCUT2D eigenvalue weighted by molar-refractivity contribution is 0.627. The fraction of sp³-hybridized carbons (Fsp3) is 0.133. The van der Waals surface area contributed by atoms with Crippen LogP contribution in [0.25, 0.3) is 0 Å². The van der Waals surface area contributed by atoms with E-state index in [9.17, 15) is 4.39 Å². The molecule has 0 aliphatic carbocycles. The second-order valence-corrected chi connectivity index (χ2v) is 5.08. The van der Waals surface area contributed by atoms with Crippen molar-refractivity contribution in [1.82, 2.24) is 0 Å². The Morgan fingerprint density at radius 2 is 2.00 bits per heavy atom. The first-order valence-electron chi connectivity index (χ1n) is 5.97. The molecule has 2 aromatic carbocycles. The summed E-state index contributed by atoms with van der Waals surface area (Å²) in [6, 6.07) is 10.3. The number of amidine groups is 1. The number of fused-ring (bicyclic) bond motifs is 1. The van der Waals surface area contributed by atoms with Gasteiger partial charge in [0.25, 0.3) is 0 Å². The molecule has 0 spiro atoms. The highest BCUT2D eigenvalue weighted by Gasteiger charge is 2.25. The number of nitrogens with one attached hydrogen (secondary N) is 1. The summed E-state index contributed by atoms with van der Waals surface area (Å²) in [5, 5.41) is 8.84. The van der Waals surface area contributed by atoms with Crippen LogP contribution in [0, 0.1) is 18.2 Å². The molecule has 0 amide bonds. The Balaban J connectivity index is 2.01. The fourth-order valence-electron chi connectivity index (χ4n) is 2.27. The van der Waals surface area contributed by atoms with Crippen LogP contribution in [0.4, 0.5) is 10.1 Å². The van der Waals surface area contributed by atoms with E-state index in [1.54, 1.807) is 6.07 Å². The standard InChI is InChI=1S/C15H12ClFN2/c1-9-2-5-12(7-14(9)16)19-8-10-3-4-11(17)6-13(10)15(19)18/h2-7,18H,8H2,1H3. The van der Waals surface area contributed by atoms with Crippen molar-refractivity contribution in [1.29, 1.82) is 5.41 Å². The van der Waals surface area contributed by atoms with Gasteiger partial charge in [0.1, 0.15) is 11.7 Å². The molecule has 2 aromatic rings. The fourth-order valence-corrected chi connectivity index (χ4v) is 2.45. The van der Waals surface area contributed by atoms with Gasteiger partial charge < -0.3 is 4.90 Å². The highest BCUT2D eigenvalue weighted by atomic mass is 35.5. The summed E-state index contributed by atoms with van der Waals surface area (Å²) in [5.41, 5.74) is 3.47. The van der Waals surface area contributed by atoms with Gasteiger partial charge in [-0.3, -0.25) is 5.41 Å². The molecular weight excluding hydrogens is 263 g/mol. The summed E-state index contributed by atoms with van der Waals surface area (Å²) in [5.74, 6) is 0.00158. The lowest BCUT2D eigenvalue weighted by atomic mass is 10.1. The van der Waals surface area contributed by atoms with Crippen molar-refractivity contribution < 1.29 is 4.39 Å². The molecule has 1 aliphatic rings. The van der Waals surface area contributed by atoms with E-state index in [4.69, 9.17) is 17.0 Å². The molecule has 0 bridgehead atoms. The zero-order chi connectivity index (χ0) is 13.6. The number of anilines is 1. The molecule has 3 rings (SSSR count). The maximum atomic E-state index is 13.2. The number of benzene rings is 2. The molecule has 0 saturated heterocycles. The predicted molar refractivity (Wildman–Crippen MR) is 75.6 cm³/mol. The molecule has 0 fully saturated rings. The average molecular weight is 275 g/mol. The molecule has 0 radical (unpaired) electrons. The third-order valence-electron chi connectivity index (χ3n) is 3.39. The predicted octanol–water partition coefficient (Wildman–Crippen LogP) is 4.13. The summed E-state index contributed by atoms with van der Waals surface area (Å²) < 4.78 is 13.2. The van der Waals surface area contributed by atoms with E-state index >= 15 is 0 Å². The van der Waals surface area contributed by atoms with Crippen LogP contribution in [0.15, 0.2) is 36.4 Å². The van der Waals surface area contributed by atoms with E-state index in [2.05, 4.69) is 0 Å². The Labute approximate surface area is 115 Å². The Bertz CT molecular complexity index is 682. The Hall–Kier alpha value is -1.87. The number of hydrogen-bond donors (Lipinski definition) is 1. The average Bonchev–Trinajstić information content (AvgIpc) is 2.70. The van der Waals surface area contributed by atoms with Gasteiger partial charge in [0.05, 0.1) is 6.54 Å². The lowest BCUT2D eigenvalue weighted by Crippen LogP contribution is -2.23. The minimum Gasteiger partial charge on any atom is -0.322 e. The normalized spacial score (nSPS) is 13.8. The maximum absolute atomic E-state index is 13.2. The van der Waals surface area contributed by atoms with Crippen molar-refractivity contribution >= 4 is 23.1 Å². The van der Waals surface area contributed by atoms with E-state index in [0.717, 1.165) is 16.8 Å². The van der Waals surface area contributed by atoms with Crippen LogP contribution >= 0.6 is 11.6 Å². The molecule has 1 heterocycles. The smallest absolute Gasteiger partial charge is 0.133 e. The minimum absolute atomic E-state index is 0.313. The van der Waals surface area contributed by atoms with Crippen LogP contribution < -0.4 is 4.90 Å². The van der Waals surface area contributed by atoms with Gasteiger partial charge in [-0.2, -0.15) is 0 Å². The molecule has 1 aliphatic heterocycles. The van der Waals surface area contributed by atoms with Crippen molar-refractivity contribution in [3.8, 4) is 0 Å². The largest absolute Gasteiger partial charge is 0.322 e. The number of nitrogens with zero attached hydrogens (tertiary/aromatic N) is 1. The zero-order valence-electron chi connectivity index (χ0n) is 10.4. The van der Waals surface area contributed by atoms with Crippen molar-refractivity contribution in [2.45, 2.75) is 13.5 Å². The van der Waals surface area contributed by atoms with Gasteiger partial charge in [-0.25, -0.2) is 4.39 Å². The topological polar surface area (TPSA) is 27.1 Å². The van der Waals surface area contributed by atoms with Gasteiger partial charge >= 0.3 is 0 Å². The molecule has 1 N–H and O–H groups in total. The number of aryl methyl sites for hydroxylation is 1. The van der Waals surface area contributed by atoms with Gasteiger partial charge in [-0.15, -0.1) is 0 Å². The van der Waals surface area contributed by atoms with Gasteiger partial charge in [0.2, 0.25) is 0 Å². The minimum atomic E-state index is -0.313. The van der Waals surface area contributed by atoms with Crippen molar-refractivity contribution in [2.75, 3.05) is 4.90 Å². The van der Waals surface area contributed by atoms with Crippen LogP contribution in [-0.4, -0.2) is 5.84 Å². The van der Waals surface area contributed by atoms with Crippen molar-refractivity contribution in [3.05, 3.63) is 63.9 Å². The molecule has 4 heteroatoms. The van der Waals surface area contributed by atoms with Gasteiger partial charge in [0, 0.05) is 16.3 Å². The Morgan fingerprint density at radius 3 is 2.74 bits per heavy atom. The van der Waals surface area contributed by atoms with Crippen LogP contribution in [-0.2, 0) is 6.54 Å². The van der Waals surface area contributed by atoms with Crippen LogP contribution in [0.5, 0.6) is 0 Å².